The zero-order chi connectivity index (χ0) is 10.3. The number of rotatable bonds is 7. The number of hydrogen-bond donors (Lipinski definition) is 0. The van der Waals surface area contributed by atoms with Crippen molar-refractivity contribution in [2.75, 3.05) is 7.11 Å². The van der Waals surface area contributed by atoms with Crippen LogP contribution in [0.4, 0.5) is 0 Å². The molecule has 0 aromatic carbocycles. The predicted octanol–water partition coefficient (Wildman–Crippen LogP) is 3.16. The highest BCUT2D eigenvalue weighted by molar-refractivity contribution is 6.75. The standard InChI is InChI=1S/C9H23O2Si2/c1-6-12(7-2)11-13(8-3,9-4)10-5/h6-9H2,1-5H3. The molecule has 0 saturated heterocycles. The van der Waals surface area contributed by atoms with Gasteiger partial charge in [-0.3, -0.25) is 0 Å². The third-order valence-corrected chi connectivity index (χ3v) is 9.69. The topological polar surface area (TPSA) is 18.5 Å². The lowest BCUT2D eigenvalue weighted by Crippen LogP contribution is -2.44. The summed E-state index contributed by atoms with van der Waals surface area (Å²) in [5.74, 6) is 0. The van der Waals surface area contributed by atoms with Crippen LogP contribution < -0.4 is 0 Å². The molecule has 0 N–H and O–H groups in total. The molecule has 0 aromatic heterocycles. The summed E-state index contributed by atoms with van der Waals surface area (Å²) in [4.78, 5) is 0. The first-order valence-electron chi connectivity index (χ1n) is 5.26. The lowest BCUT2D eigenvalue weighted by molar-refractivity contribution is 0.300. The fraction of sp³-hybridized carbons (Fsp3) is 1.00. The van der Waals surface area contributed by atoms with Gasteiger partial charge in [0.1, 0.15) is 0 Å². The van der Waals surface area contributed by atoms with Crippen molar-refractivity contribution in [1.82, 2.24) is 0 Å². The minimum Gasteiger partial charge on any atom is -0.435 e. The molecule has 0 fully saturated rings. The third-order valence-electron chi connectivity index (χ3n) is 2.57. The Morgan fingerprint density at radius 2 is 1.46 bits per heavy atom. The van der Waals surface area contributed by atoms with E-state index in [1.165, 1.54) is 12.1 Å². The smallest absolute Gasteiger partial charge is 0.326 e. The molecule has 1 radical (unpaired) electrons. The molecule has 0 atom stereocenters. The van der Waals surface area contributed by atoms with E-state index in [4.69, 9.17) is 8.54 Å². The van der Waals surface area contributed by atoms with E-state index in [2.05, 4.69) is 27.7 Å². The van der Waals surface area contributed by atoms with Crippen LogP contribution in [-0.2, 0) is 8.54 Å². The average Bonchev–Trinajstić information content (AvgIpc) is 2.21. The molecule has 0 saturated carbocycles. The van der Waals surface area contributed by atoms with Crippen LogP contribution in [0.3, 0.4) is 0 Å². The molecule has 0 aliphatic rings. The maximum absolute atomic E-state index is 6.20. The van der Waals surface area contributed by atoms with Gasteiger partial charge in [-0.25, -0.2) is 0 Å². The summed E-state index contributed by atoms with van der Waals surface area (Å²) in [6.45, 7) is 8.81. The van der Waals surface area contributed by atoms with Crippen LogP contribution in [0.25, 0.3) is 0 Å². The van der Waals surface area contributed by atoms with Gasteiger partial charge < -0.3 is 8.54 Å². The van der Waals surface area contributed by atoms with E-state index >= 15 is 0 Å². The van der Waals surface area contributed by atoms with Crippen molar-refractivity contribution in [3.63, 3.8) is 0 Å². The Kier molecular flexibility index (Phi) is 6.94. The molecule has 0 heterocycles. The highest BCUT2D eigenvalue weighted by atomic mass is 28.4. The zero-order valence-electron chi connectivity index (χ0n) is 9.64. The van der Waals surface area contributed by atoms with Gasteiger partial charge >= 0.3 is 8.56 Å². The molecule has 0 aliphatic carbocycles. The van der Waals surface area contributed by atoms with Crippen LogP contribution in [0.15, 0.2) is 0 Å². The van der Waals surface area contributed by atoms with E-state index in [-0.39, 0.29) is 0 Å². The van der Waals surface area contributed by atoms with Crippen LogP contribution in [0, 0.1) is 0 Å². The zero-order valence-corrected chi connectivity index (χ0v) is 11.6. The van der Waals surface area contributed by atoms with E-state index in [1.54, 1.807) is 0 Å². The van der Waals surface area contributed by atoms with Gasteiger partial charge in [-0.1, -0.05) is 27.7 Å². The summed E-state index contributed by atoms with van der Waals surface area (Å²) in [6.07, 6.45) is 0. The first-order chi connectivity index (χ1) is 6.17. The highest BCUT2D eigenvalue weighted by Gasteiger charge is 2.34. The lowest BCUT2D eigenvalue weighted by atomic mass is 10.9. The first-order valence-corrected chi connectivity index (χ1v) is 9.32. The Balaban J connectivity index is 4.21. The molecule has 0 unspecified atom stereocenters. The van der Waals surface area contributed by atoms with Gasteiger partial charge in [-0.2, -0.15) is 0 Å². The van der Waals surface area contributed by atoms with Crippen molar-refractivity contribution in [3.8, 4) is 0 Å². The Labute approximate surface area is 85.6 Å². The van der Waals surface area contributed by atoms with E-state index in [0.29, 0.717) is 0 Å². The third kappa shape index (κ3) is 3.93. The summed E-state index contributed by atoms with van der Waals surface area (Å²) in [5.41, 5.74) is 0. The fourth-order valence-electron chi connectivity index (χ4n) is 1.38. The van der Waals surface area contributed by atoms with Gasteiger partial charge in [0.2, 0.25) is 0 Å². The quantitative estimate of drug-likeness (QED) is 0.612. The minimum absolute atomic E-state index is 0.579. The Bertz CT molecular complexity index is 115. The fourth-order valence-corrected chi connectivity index (χ4v) is 7.71. The lowest BCUT2D eigenvalue weighted by Gasteiger charge is -2.30. The van der Waals surface area contributed by atoms with Crippen molar-refractivity contribution in [1.29, 1.82) is 0 Å². The number of hydrogen-bond acceptors (Lipinski definition) is 2. The largest absolute Gasteiger partial charge is 0.435 e. The summed E-state index contributed by atoms with van der Waals surface area (Å²) in [7, 11) is -0.547. The van der Waals surface area contributed by atoms with Crippen LogP contribution in [-0.4, -0.2) is 24.7 Å². The monoisotopic (exact) mass is 219 g/mol. The highest BCUT2D eigenvalue weighted by Crippen LogP contribution is 2.20. The molecular formula is C9H23O2Si2. The van der Waals surface area contributed by atoms with Crippen LogP contribution in [0.1, 0.15) is 27.7 Å². The molecule has 4 heteroatoms. The van der Waals surface area contributed by atoms with Gasteiger partial charge in [0, 0.05) is 7.11 Å². The SMILES string of the molecule is CC[Si](CC)O[Si](CC)(CC)OC. The van der Waals surface area contributed by atoms with Crippen molar-refractivity contribution in [2.24, 2.45) is 0 Å². The second kappa shape index (κ2) is 6.76. The second-order valence-electron chi connectivity index (χ2n) is 3.17. The van der Waals surface area contributed by atoms with E-state index in [9.17, 15) is 0 Å². The van der Waals surface area contributed by atoms with E-state index in [0.717, 1.165) is 12.1 Å². The van der Waals surface area contributed by atoms with Gasteiger partial charge in [-0.15, -0.1) is 0 Å². The molecular weight excluding hydrogens is 196 g/mol. The summed E-state index contributed by atoms with van der Waals surface area (Å²) >= 11 is 0. The molecule has 0 aliphatic heterocycles. The molecule has 0 aromatic rings. The van der Waals surface area contributed by atoms with Gasteiger partial charge in [0.05, 0.1) is 0 Å². The Morgan fingerprint density at radius 1 is 1.00 bits per heavy atom. The normalized spacial score (nSPS) is 12.5. The van der Waals surface area contributed by atoms with Crippen molar-refractivity contribution in [2.45, 2.75) is 51.9 Å². The average molecular weight is 219 g/mol. The van der Waals surface area contributed by atoms with Gasteiger partial charge in [-0.05, 0) is 24.2 Å². The molecule has 2 nitrogen and oxygen atoms in total. The predicted molar refractivity (Wildman–Crippen MR) is 61.5 cm³/mol. The van der Waals surface area contributed by atoms with Crippen molar-refractivity contribution >= 4 is 17.6 Å². The van der Waals surface area contributed by atoms with Crippen molar-refractivity contribution < 1.29 is 8.54 Å². The van der Waals surface area contributed by atoms with Crippen molar-refractivity contribution in [3.05, 3.63) is 0 Å². The minimum atomic E-state index is -1.78. The second-order valence-corrected chi connectivity index (χ2v) is 10.1. The van der Waals surface area contributed by atoms with Gasteiger partial charge in [0.15, 0.2) is 9.04 Å². The maximum Gasteiger partial charge on any atom is 0.326 e. The first kappa shape index (κ1) is 13.4. The maximum atomic E-state index is 6.20. The molecule has 0 bridgehead atoms. The Morgan fingerprint density at radius 3 is 1.69 bits per heavy atom. The van der Waals surface area contributed by atoms with Crippen LogP contribution in [0.5, 0.6) is 0 Å². The van der Waals surface area contributed by atoms with Gasteiger partial charge in [0.25, 0.3) is 0 Å². The summed E-state index contributed by atoms with van der Waals surface area (Å²) in [6, 6.07) is 4.54. The summed E-state index contributed by atoms with van der Waals surface area (Å²) in [5, 5.41) is 0. The molecule has 13 heavy (non-hydrogen) atoms. The van der Waals surface area contributed by atoms with E-state index < -0.39 is 17.6 Å². The van der Waals surface area contributed by atoms with Crippen LogP contribution >= 0.6 is 0 Å². The summed E-state index contributed by atoms with van der Waals surface area (Å²) < 4.78 is 11.8. The Hall–Kier alpha value is 0.354. The molecule has 0 rings (SSSR count). The molecule has 0 spiro atoms. The van der Waals surface area contributed by atoms with Crippen LogP contribution in [0.2, 0.25) is 24.2 Å². The molecule has 79 valence electrons. The molecule has 0 amide bonds. The van der Waals surface area contributed by atoms with E-state index in [1.807, 2.05) is 7.11 Å².